The first kappa shape index (κ1) is 13.5. The largest absolute Gasteiger partial charge is 0.297 e. The lowest BCUT2D eigenvalue weighted by Gasteiger charge is -2.04. The summed E-state index contributed by atoms with van der Waals surface area (Å²) in [6.45, 7) is 2.25. The maximum atomic E-state index is 11.5. The van der Waals surface area contributed by atoms with E-state index >= 15 is 0 Å². The predicted molar refractivity (Wildman–Crippen MR) is 79.6 cm³/mol. The normalized spacial score (nSPS) is 12.1. The van der Waals surface area contributed by atoms with Gasteiger partial charge in [-0.05, 0) is 13.0 Å². The number of rotatable bonds is 3. The van der Waals surface area contributed by atoms with E-state index in [1.807, 2.05) is 36.6 Å². The molecule has 0 saturated heterocycles. The van der Waals surface area contributed by atoms with Crippen LogP contribution in [0.25, 0.3) is 21.5 Å². The average molecular weight is 328 g/mol. The topological polar surface area (TPSA) is 64.8 Å². The first-order valence-electron chi connectivity index (χ1n) is 5.87. The van der Waals surface area contributed by atoms with Crippen molar-refractivity contribution in [3.63, 3.8) is 0 Å². The number of aromatic nitrogens is 3. The maximum absolute atomic E-state index is 11.5. The minimum Gasteiger partial charge on any atom is -0.297 e. The second-order valence-corrected chi connectivity index (χ2v) is 7.50. The summed E-state index contributed by atoms with van der Waals surface area (Å²) in [6, 6.07) is 7.88. The van der Waals surface area contributed by atoms with E-state index in [4.69, 9.17) is 10.7 Å². The van der Waals surface area contributed by atoms with E-state index in [-0.39, 0.29) is 5.16 Å². The first-order chi connectivity index (χ1) is 9.52. The molecule has 0 radical (unpaired) electrons. The van der Waals surface area contributed by atoms with E-state index < -0.39 is 9.05 Å². The lowest BCUT2D eigenvalue weighted by molar-refractivity contribution is 0.583. The quantitative estimate of drug-likeness (QED) is 0.693. The Hall–Kier alpha value is -1.44. The van der Waals surface area contributed by atoms with Crippen molar-refractivity contribution in [2.24, 2.45) is 0 Å². The smallest absolute Gasteiger partial charge is 0.296 e. The lowest BCUT2D eigenvalue weighted by Crippen LogP contribution is -2.06. The fourth-order valence-corrected chi connectivity index (χ4v) is 4.00. The molecule has 1 aromatic carbocycles. The van der Waals surface area contributed by atoms with Gasteiger partial charge in [0.25, 0.3) is 14.2 Å². The van der Waals surface area contributed by atoms with Crippen LogP contribution in [0.2, 0.25) is 0 Å². The van der Waals surface area contributed by atoms with Gasteiger partial charge in [-0.25, -0.2) is 8.42 Å². The van der Waals surface area contributed by atoms with Crippen LogP contribution < -0.4 is 0 Å². The zero-order valence-corrected chi connectivity index (χ0v) is 12.8. The van der Waals surface area contributed by atoms with Crippen LogP contribution >= 0.6 is 22.0 Å². The minimum absolute atomic E-state index is 0.216. The summed E-state index contributed by atoms with van der Waals surface area (Å²) in [5, 5.41) is 10.5. The summed E-state index contributed by atoms with van der Waals surface area (Å²) in [5.74, 6) is 0.518. The second-order valence-electron chi connectivity index (χ2n) is 4.13. The summed E-state index contributed by atoms with van der Waals surface area (Å²) in [7, 11) is 1.48. The van der Waals surface area contributed by atoms with Crippen LogP contribution in [0.15, 0.2) is 34.8 Å². The highest BCUT2D eigenvalue weighted by atomic mass is 35.7. The highest BCUT2D eigenvalue weighted by Crippen LogP contribution is 2.33. The summed E-state index contributed by atoms with van der Waals surface area (Å²) in [4.78, 5) is 0. The van der Waals surface area contributed by atoms with Gasteiger partial charge in [-0.3, -0.25) is 4.57 Å². The van der Waals surface area contributed by atoms with Gasteiger partial charge in [-0.15, -0.1) is 21.5 Å². The van der Waals surface area contributed by atoms with E-state index in [1.165, 1.54) is 4.57 Å². The molecular weight excluding hydrogens is 318 g/mol. The van der Waals surface area contributed by atoms with Crippen molar-refractivity contribution in [1.82, 2.24) is 14.8 Å². The van der Waals surface area contributed by atoms with Gasteiger partial charge in [0.2, 0.25) is 0 Å². The van der Waals surface area contributed by atoms with Crippen LogP contribution in [0.4, 0.5) is 0 Å². The summed E-state index contributed by atoms with van der Waals surface area (Å²) < 4.78 is 25.6. The number of hydrogen-bond donors (Lipinski definition) is 0. The number of thiophene rings is 1. The molecule has 5 nitrogen and oxygen atoms in total. The van der Waals surface area contributed by atoms with Gasteiger partial charge in [0.1, 0.15) is 0 Å². The molecule has 8 heteroatoms. The zero-order valence-electron chi connectivity index (χ0n) is 10.4. The number of hydrogen-bond acceptors (Lipinski definition) is 5. The molecule has 2 aromatic heterocycles. The number of nitrogens with zero attached hydrogens (tertiary/aromatic N) is 3. The summed E-state index contributed by atoms with van der Waals surface area (Å²) >= 11 is 1.58. The Labute approximate surface area is 124 Å². The Morgan fingerprint density at radius 2 is 2.05 bits per heavy atom. The molecule has 0 bridgehead atoms. The molecule has 0 aliphatic rings. The van der Waals surface area contributed by atoms with Gasteiger partial charge in [-0.1, -0.05) is 18.2 Å². The molecule has 3 aromatic rings. The summed E-state index contributed by atoms with van der Waals surface area (Å²) in [6.07, 6.45) is 0. The lowest BCUT2D eigenvalue weighted by atomic mass is 10.1. The molecule has 0 aliphatic carbocycles. The Bertz CT molecular complexity index is 883. The van der Waals surface area contributed by atoms with Gasteiger partial charge < -0.3 is 0 Å². The van der Waals surface area contributed by atoms with Crippen molar-refractivity contribution in [3.05, 3.63) is 29.6 Å². The number of benzene rings is 1. The van der Waals surface area contributed by atoms with Crippen molar-refractivity contribution < 1.29 is 8.42 Å². The highest BCUT2D eigenvalue weighted by Gasteiger charge is 2.23. The molecule has 0 amide bonds. The third-order valence-electron chi connectivity index (χ3n) is 2.97. The Balaban J connectivity index is 2.28. The van der Waals surface area contributed by atoms with E-state index in [0.717, 1.165) is 15.6 Å². The molecule has 0 atom stereocenters. The average Bonchev–Trinajstić information content (AvgIpc) is 3.00. The van der Waals surface area contributed by atoms with Gasteiger partial charge >= 0.3 is 0 Å². The summed E-state index contributed by atoms with van der Waals surface area (Å²) in [5.41, 5.74) is 0.867. The fourth-order valence-electron chi connectivity index (χ4n) is 2.10. The molecule has 20 heavy (non-hydrogen) atoms. The molecular formula is C12H10ClN3O2S2. The number of fused-ring (bicyclic) bond motifs is 1. The second kappa shape index (κ2) is 4.83. The maximum Gasteiger partial charge on any atom is 0.296 e. The monoisotopic (exact) mass is 327 g/mol. The first-order valence-corrected chi connectivity index (χ1v) is 9.05. The van der Waals surface area contributed by atoms with Crippen LogP contribution in [0.5, 0.6) is 0 Å². The van der Waals surface area contributed by atoms with E-state index in [2.05, 4.69) is 10.2 Å². The molecule has 104 valence electrons. The molecule has 0 aliphatic heterocycles. The van der Waals surface area contributed by atoms with Crippen molar-refractivity contribution in [2.45, 2.75) is 18.6 Å². The van der Waals surface area contributed by atoms with Crippen molar-refractivity contribution in [2.75, 3.05) is 0 Å². The van der Waals surface area contributed by atoms with E-state index in [1.54, 1.807) is 11.3 Å². The Morgan fingerprint density at radius 1 is 1.30 bits per heavy atom. The molecule has 0 fully saturated rings. The van der Waals surface area contributed by atoms with Gasteiger partial charge in [0, 0.05) is 38.3 Å². The van der Waals surface area contributed by atoms with Gasteiger partial charge in [0.05, 0.1) is 0 Å². The van der Waals surface area contributed by atoms with Gasteiger partial charge in [-0.2, -0.15) is 0 Å². The molecule has 3 rings (SSSR count). The SMILES string of the molecule is CCn1c(-c2csc3ccccc23)nnc1S(=O)(=O)Cl. The van der Waals surface area contributed by atoms with E-state index in [0.29, 0.717) is 12.4 Å². The van der Waals surface area contributed by atoms with Crippen molar-refractivity contribution in [3.8, 4) is 11.4 Å². The minimum atomic E-state index is -3.90. The van der Waals surface area contributed by atoms with Crippen LogP contribution in [-0.2, 0) is 15.6 Å². The van der Waals surface area contributed by atoms with Crippen LogP contribution in [0.3, 0.4) is 0 Å². The molecule has 2 heterocycles. The molecule has 0 unspecified atom stereocenters. The standard InChI is InChI=1S/C12H10ClN3O2S2/c1-2-16-11(14-15-12(16)20(13,17)18)9-7-19-10-6-4-3-5-8(9)10/h3-7H,2H2,1H3. The Morgan fingerprint density at radius 3 is 2.75 bits per heavy atom. The van der Waals surface area contributed by atoms with Crippen molar-refractivity contribution >= 4 is 41.2 Å². The van der Waals surface area contributed by atoms with Crippen LogP contribution in [0, 0.1) is 0 Å². The third-order valence-corrected chi connectivity index (χ3v) is 5.09. The fraction of sp³-hybridized carbons (Fsp3) is 0.167. The molecule has 0 N–H and O–H groups in total. The van der Waals surface area contributed by atoms with E-state index in [9.17, 15) is 8.42 Å². The van der Waals surface area contributed by atoms with Crippen LogP contribution in [-0.4, -0.2) is 23.2 Å². The number of halogens is 1. The molecule has 0 spiro atoms. The van der Waals surface area contributed by atoms with Crippen molar-refractivity contribution in [1.29, 1.82) is 0 Å². The predicted octanol–water partition coefficient (Wildman–Crippen LogP) is 3.11. The highest BCUT2D eigenvalue weighted by molar-refractivity contribution is 8.13. The Kier molecular flexibility index (Phi) is 3.27. The van der Waals surface area contributed by atoms with Gasteiger partial charge in [0.15, 0.2) is 5.82 Å². The third kappa shape index (κ3) is 2.11. The zero-order chi connectivity index (χ0) is 14.3. The molecule has 0 saturated carbocycles. The van der Waals surface area contributed by atoms with Crippen LogP contribution in [0.1, 0.15) is 6.92 Å².